The highest BCUT2D eigenvalue weighted by Crippen LogP contribution is 2.08. The quantitative estimate of drug-likeness (QED) is 0.783. The number of nitrogens with one attached hydrogen (secondary N) is 1. The van der Waals surface area contributed by atoms with E-state index in [9.17, 15) is 4.79 Å². The minimum absolute atomic E-state index is 0.0377. The van der Waals surface area contributed by atoms with E-state index in [1.54, 1.807) is 17.1 Å². The molecule has 0 aromatic carbocycles. The molecular weight excluding hydrogens is 220 g/mol. The summed E-state index contributed by atoms with van der Waals surface area (Å²) in [6.07, 6.45) is 3.43. The van der Waals surface area contributed by atoms with Crippen molar-refractivity contribution < 1.29 is 9.53 Å². The van der Waals surface area contributed by atoms with Crippen LogP contribution in [0.3, 0.4) is 0 Å². The molecule has 6 nitrogen and oxygen atoms in total. The first kappa shape index (κ1) is 11.9. The van der Waals surface area contributed by atoms with E-state index < -0.39 is 0 Å². The van der Waals surface area contributed by atoms with Crippen LogP contribution < -0.4 is 10.1 Å². The van der Waals surface area contributed by atoms with Crippen LogP contribution in [0.1, 0.15) is 6.92 Å². The van der Waals surface area contributed by atoms with Crippen LogP contribution in [0.5, 0.6) is 5.75 Å². The number of aryl methyl sites for hydroxylation is 1. The molecule has 17 heavy (non-hydrogen) atoms. The summed E-state index contributed by atoms with van der Waals surface area (Å²) in [5.41, 5.74) is 0. The van der Waals surface area contributed by atoms with Crippen LogP contribution in [0, 0.1) is 0 Å². The Morgan fingerprint density at radius 2 is 2.29 bits per heavy atom. The Morgan fingerprint density at radius 3 is 2.94 bits per heavy atom. The lowest BCUT2D eigenvalue weighted by Crippen LogP contribution is -2.47. The van der Waals surface area contributed by atoms with E-state index in [0.717, 1.165) is 32.7 Å². The molecule has 1 saturated heterocycles. The van der Waals surface area contributed by atoms with Crippen molar-refractivity contribution in [3.63, 3.8) is 0 Å². The summed E-state index contributed by atoms with van der Waals surface area (Å²) in [7, 11) is 0. The molecule has 1 N–H and O–H groups in total. The number of piperazine rings is 1. The number of carbonyl (C=O) groups excluding carboxylic acids is 1. The first-order valence-corrected chi connectivity index (χ1v) is 5.93. The van der Waals surface area contributed by atoms with Crippen LogP contribution in [0.4, 0.5) is 0 Å². The molecule has 1 amide bonds. The van der Waals surface area contributed by atoms with Gasteiger partial charge in [-0.3, -0.25) is 9.48 Å². The summed E-state index contributed by atoms with van der Waals surface area (Å²) in [6, 6.07) is 0. The molecule has 1 aliphatic heterocycles. The minimum Gasteiger partial charge on any atom is -0.480 e. The lowest BCUT2D eigenvalue weighted by atomic mass is 10.3. The van der Waals surface area contributed by atoms with Crippen molar-refractivity contribution in [2.45, 2.75) is 13.5 Å². The third kappa shape index (κ3) is 3.20. The fourth-order valence-electron chi connectivity index (χ4n) is 1.74. The summed E-state index contributed by atoms with van der Waals surface area (Å²) >= 11 is 0. The van der Waals surface area contributed by atoms with E-state index in [2.05, 4.69) is 10.4 Å². The van der Waals surface area contributed by atoms with E-state index in [1.165, 1.54) is 0 Å². The molecule has 94 valence electrons. The van der Waals surface area contributed by atoms with Gasteiger partial charge < -0.3 is 15.0 Å². The van der Waals surface area contributed by atoms with Gasteiger partial charge >= 0.3 is 0 Å². The average Bonchev–Trinajstić information content (AvgIpc) is 2.85. The van der Waals surface area contributed by atoms with E-state index in [1.807, 2.05) is 11.8 Å². The molecule has 1 aromatic rings. The topological polar surface area (TPSA) is 59.4 Å². The standard InChI is InChI=1S/C11H18N4O2/c1-2-15-8-10(7-13-15)17-9-11(16)14-5-3-12-4-6-14/h7-8,12H,2-6,9H2,1H3. The van der Waals surface area contributed by atoms with Crippen LogP contribution in [0.25, 0.3) is 0 Å². The number of nitrogens with zero attached hydrogens (tertiary/aromatic N) is 3. The molecule has 2 rings (SSSR count). The van der Waals surface area contributed by atoms with E-state index in [0.29, 0.717) is 5.75 Å². The highest BCUT2D eigenvalue weighted by molar-refractivity contribution is 5.77. The van der Waals surface area contributed by atoms with Gasteiger partial charge in [0, 0.05) is 32.7 Å². The van der Waals surface area contributed by atoms with Gasteiger partial charge in [0.1, 0.15) is 0 Å². The number of rotatable bonds is 4. The first-order valence-electron chi connectivity index (χ1n) is 5.93. The van der Waals surface area contributed by atoms with Crippen molar-refractivity contribution in [3.05, 3.63) is 12.4 Å². The molecule has 0 bridgehead atoms. The zero-order valence-electron chi connectivity index (χ0n) is 10.1. The minimum atomic E-state index is 0.0377. The first-order chi connectivity index (χ1) is 8.29. The van der Waals surface area contributed by atoms with Crippen molar-refractivity contribution >= 4 is 5.91 Å². The van der Waals surface area contributed by atoms with Crippen molar-refractivity contribution in [3.8, 4) is 5.75 Å². The molecule has 1 fully saturated rings. The zero-order valence-corrected chi connectivity index (χ0v) is 10.1. The van der Waals surface area contributed by atoms with Gasteiger partial charge in [-0.25, -0.2) is 0 Å². The Morgan fingerprint density at radius 1 is 1.53 bits per heavy atom. The van der Waals surface area contributed by atoms with Crippen molar-refractivity contribution in [2.24, 2.45) is 0 Å². The molecule has 0 spiro atoms. The second-order valence-electron chi connectivity index (χ2n) is 3.95. The summed E-state index contributed by atoms with van der Waals surface area (Å²) in [6.45, 7) is 6.14. The fourth-order valence-corrected chi connectivity index (χ4v) is 1.74. The van der Waals surface area contributed by atoms with Crippen LogP contribution in [-0.2, 0) is 11.3 Å². The average molecular weight is 238 g/mol. The molecule has 2 heterocycles. The SMILES string of the molecule is CCn1cc(OCC(=O)N2CCNCC2)cn1. The number of carbonyl (C=O) groups is 1. The molecule has 6 heteroatoms. The predicted octanol–water partition coefficient (Wildman–Crippen LogP) is -0.286. The number of aromatic nitrogens is 2. The monoisotopic (exact) mass is 238 g/mol. The van der Waals surface area contributed by atoms with E-state index in [4.69, 9.17) is 4.74 Å². The van der Waals surface area contributed by atoms with Gasteiger partial charge in [-0.05, 0) is 6.92 Å². The van der Waals surface area contributed by atoms with E-state index in [-0.39, 0.29) is 12.5 Å². The lowest BCUT2D eigenvalue weighted by Gasteiger charge is -2.27. The Kier molecular flexibility index (Phi) is 3.98. The second-order valence-corrected chi connectivity index (χ2v) is 3.95. The summed E-state index contributed by atoms with van der Waals surface area (Å²) < 4.78 is 7.18. The number of hydrogen-bond donors (Lipinski definition) is 1. The molecule has 1 aliphatic rings. The molecule has 0 saturated carbocycles. The molecule has 0 aliphatic carbocycles. The van der Waals surface area contributed by atoms with Gasteiger partial charge in [0.2, 0.25) is 0 Å². The third-order valence-corrected chi connectivity index (χ3v) is 2.77. The lowest BCUT2D eigenvalue weighted by molar-refractivity contribution is -0.133. The zero-order chi connectivity index (χ0) is 12.1. The summed E-state index contributed by atoms with van der Waals surface area (Å²) in [5, 5.41) is 7.29. The van der Waals surface area contributed by atoms with Gasteiger partial charge in [0.05, 0.1) is 12.4 Å². The van der Waals surface area contributed by atoms with Gasteiger partial charge in [-0.15, -0.1) is 0 Å². The van der Waals surface area contributed by atoms with Gasteiger partial charge in [0.25, 0.3) is 5.91 Å². The van der Waals surface area contributed by atoms with Crippen molar-refractivity contribution in [2.75, 3.05) is 32.8 Å². The largest absolute Gasteiger partial charge is 0.480 e. The second kappa shape index (κ2) is 5.67. The Bertz CT molecular complexity index is 371. The van der Waals surface area contributed by atoms with E-state index >= 15 is 0 Å². The molecular formula is C11H18N4O2. The molecule has 0 atom stereocenters. The Labute approximate surface area is 101 Å². The third-order valence-electron chi connectivity index (χ3n) is 2.77. The number of ether oxygens (including phenoxy) is 1. The van der Waals surface area contributed by atoms with Crippen molar-refractivity contribution in [1.29, 1.82) is 0 Å². The normalized spacial score (nSPS) is 15.9. The Balaban J connectivity index is 1.78. The smallest absolute Gasteiger partial charge is 0.260 e. The fraction of sp³-hybridized carbons (Fsp3) is 0.636. The van der Waals surface area contributed by atoms with Gasteiger partial charge in [-0.2, -0.15) is 5.10 Å². The van der Waals surface area contributed by atoms with Crippen molar-refractivity contribution in [1.82, 2.24) is 20.0 Å². The van der Waals surface area contributed by atoms with Gasteiger partial charge in [-0.1, -0.05) is 0 Å². The van der Waals surface area contributed by atoms with Crippen LogP contribution in [0.15, 0.2) is 12.4 Å². The van der Waals surface area contributed by atoms with Crippen LogP contribution in [0.2, 0.25) is 0 Å². The number of amides is 1. The van der Waals surface area contributed by atoms with Crippen LogP contribution >= 0.6 is 0 Å². The number of hydrogen-bond acceptors (Lipinski definition) is 4. The van der Waals surface area contributed by atoms with Crippen LogP contribution in [-0.4, -0.2) is 53.4 Å². The maximum atomic E-state index is 11.8. The maximum absolute atomic E-state index is 11.8. The highest BCUT2D eigenvalue weighted by atomic mass is 16.5. The van der Waals surface area contributed by atoms with Gasteiger partial charge in [0.15, 0.2) is 12.4 Å². The highest BCUT2D eigenvalue weighted by Gasteiger charge is 2.16. The summed E-state index contributed by atoms with van der Waals surface area (Å²) in [4.78, 5) is 13.6. The molecule has 0 radical (unpaired) electrons. The summed E-state index contributed by atoms with van der Waals surface area (Å²) in [5.74, 6) is 0.686. The molecule has 1 aromatic heterocycles. The Hall–Kier alpha value is -1.56. The predicted molar refractivity (Wildman–Crippen MR) is 62.8 cm³/mol. The maximum Gasteiger partial charge on any atom is 0.260 e. The molecule has 0 unspecified atom stereocenters.